The Labute approximate surface area is 155 Å². The Morgan fingerprint density at radius 2 is 1.79 bits per heavy atom. The number of halogens is 1. The van der Waals surface area contributed by atoms with E-state index < -0.39 is 0 Å². The van der Waals surface area contributed by atoms with Crippen LogP contribution in [0.25, 0.3) is 0 Å². The lowest BCUT2D eigenvalue weighted by Crippen LogP contribution is -2.06. The molecule has 128 valence electrons. The van der Waals surface area contributed by atoms with Gasteiger partial charge in [-0.1, -0.05) is 39.8 Å². The van der Waals surface area contributed by atoms with Gasteiger partial charge in [0.05, 0.1) is 19.9 Å². The molecule has 0 aliphatic carbocycles. The second kappa shape index (κ2) is 8.44. The summed E-state index contributed by atoms with van der Waals surface area (Å²) in [5, 5.41) is 0.533. The number of rotatable bonds is 5. The Morgan fingerprint density at radius 3 is 2.46 bits per heavy atom. The van der Waals surface area contributed by atoms with Gasteiger partial charge in [-0.15, -0.1) is 0 Å². The lowest BCUT2D eigenvalue weighted by atomic mass is 10.1. The number of aliphatic imine (C=N–C) groups is 1. The van der Waals surface area contributed by atoms with E-state index in [4.69, 9.17) is 15.2 Å². The van der Waals surface area contributed by atoms with Gasteiger partial charge in [0.25, 0.3) is 0 Å². The molecule has 0 radical (unpaired) electrons. The Morgan fingerprint density at radius 1 is 1.12 bits per heavy atom. The molecule has 6 heteroatoms. The van der Waals surface area contributed by atoms with E-state index in [9.17, 15) is 0 Å². The van der Waals surface area contributed by atoms with Crippen LogP contribution in [0.3, 0.4) is 0 Å². The summed E-state index contributed by atoms with van der Waals surface area (Å²) in [4.78, 5) is 4.53. The van der Waals surface area contributed by atoms with Gasteiger partial charge in [0.15, 0.2) is 16.7 Å². The van der Waals surface area contributed by atoms with Crippen molar-refractivity contribution in [3.8, 4) is 11.5 Å². The van der Waals surface area contributed by atoms with Gasteiger partial charge in [0.1, 0.15) is 0 Å². The zero-order valence-electron chi connectivity index (χ0n) is 14.2. The van der Waals surface area contributed by atoms with E-state index in [-0.39, 0.29) is 0 Å². The fraction of sp³-hybridized carbons (Fsp3) is 0.278. The smallest absolute Gasteiger partial charge is 0.161 e. The van der Waals surface area contributed by atoms with Crippen molar-refractivity contribution < 1.29 is 9.47 Å². The maximum atomic E-state index is 6.09. The summed E-state index contributed by atoms with van der Waals surface area (Å²) in [6.07, 6.45) is 0. The summed E-state index contributed by atoms with van der Waals surface area (Å²) in [5.74, 6) is 2.07. The van der Waals surface area contributed by atoms with Crippen molar-refractivity contribution in [3.05, 3.63) is 51.5 Å². The van der Waals surface area contributed by atoms with Crippen LogP contribution in [0.15, 0.2) is 39.8 Å². The van der Waals surface area contributed by atoms with Crippen LogP contribution < -0.4 is 15.2 Å². The highest BCUT2D eigenvalue weighted by atomic mass is 79.9. The van der Waals surface area contributed by atoms with Crippen LogP contribution >= 0.6 is 27.7 Å². The molecule has 0 spiro atoms. The Bertz CT molecular complexity index is 763. The highest BCUT2D eigenvalue weighted by Crippen LogP contribution is 2.35. The summed E-state index contributed by atoms with van der Waals surface area (Å²) >= 11 is 5.05. The molecule has 2 aromatic carbocycles. The molecule has 2 rings (SSSR count). The van der Waals surface area contributed by atoms with E-state index in [1.165, 1.54) is 17.3 Å². The van der Waals surface area contributed by atoms with Gasteiger partial charge in [-0.25, -0.2) is 4.99 Å². The molecule has 0 aliphatic heterocycles. The van der Waals surface area contributed by atoms with Crippen LogP contribution in [0.5, 0.6) is 11.5 Å². The minimum Gasteiger partial charge on any atom is -0.493 e. The Kier molecular flexibility index (Phi) is 6.57. The first-order valence-electron chi connectivity index (χ1n) is 7.39. The van der Waals surface area contributed by atoms with Gasteiger partial charge >= 0.3 is 0 Å². The lowest BCUT2D eigenvalue weighted by molar-refractivity contribution is 0.354. The molecule has 0 amide bonds. The van der Waals surface area contributed by atoms with Gasteiger partial charge in [-0.3, -0.25) is 0 Å². The molecule has 2 N–H and O–H groups in total. The highest BCUT2D eigenvalue weighted by molar-refractivity contribution is 9.10. The van der Waals surface area contributed by atoms with E-state index in [1.54, 1.807) is 14.2 Å². The van der Waals surface area contributed by atoms with Crippen LogP contribution in [-0.2, 0) is 5.75 Å². The number of nitrogens with zero attached hydrogens (tertiary/aromatic N) is 1. The molecule has 4 nitrogen and oxygen atoms in total. The van der Waals surface area contributed by atoms with Gasteiger partial charge in [-0.05, 0) is 48.7 Å². The van der Waals surface area contributed by atoms with E-state index >= 15 is 0 Å². The second-order valence-electron chi connectivity index (χ2n) is 5.33. The van der Waals surface area contributed by atoms with Crippen LogP contribution in [0.1, 0.15) is 16.7 Å². The molecule has 0 atom stereocenters. The average Bonchev–Trinajstić information content (AvgIpc) is 2.56. The van der Waals surface area contributed by atoms with Crippen molar-refractivity contribution >= 4 is 38.5 Å². The highest BCUT2D eigenvalue weighted by Gasteiger charge is 2.10. The minimum absolute atomic E-state index is 0.533. The lowest BCUT2D eigenvalue weighted by Gasteiger charge is -2.11. The molecule has 0 saturated heterocycles. The zero-order valence-corrected chi connectivity index (χ0v) is 16.6. The molecule has 0 saturated carbocycles. The third kappa shape index (κ3) is 4.68. The third-order valence-corrected chi connectivity index (χ3v) is 5.10. The molecular weight excluding hydrogens is 388 g/mol. The maximum Gasteiger partial charge on any atom is 0.161 e. The van der Waals surface area contributed by atoms with Crippen LogP contribution in [-0.4, -0.2) is 19.4 Å². The summed E-state index contributed by atoms with van der Waals surface area (Å²) in [5.41, 5.74) is 10.3. The van der Waals surface area contributed by atoms with Gasteiger partial charge in [0, 0.05) is 10.2 Å². The number of hydrogen-bond acceptors (Lipinski definition) is 4. The van der Waals surface area contributed by atoms with E-state index in [0.29, 0.717) is 22.4 Å². The van der Waals surface area contributed by atoms with Crippen LogP contribution in [0, 0.1) is 13.8 Å². The molecule has 24 heavy (non-hydrogen) atoms. The standard InChI is InChI=1S/C18H21BrN2O2S/c1-11-5-6-12(2)15(7-11)21-18(20)24-10-13-8-16(22-3)17(23-4)9-14(13)19/h5-9H,10H2,1-4H3,(H2,20,21). The van der Waals surface area contributed by atoms with Crippen molar-refractivity contribution in [3.63, 3.8) is 0 Å². The quantitative estimate of drug-likeness (QED) is 0.560. The van der Waals surface area contributed by atoms with Crippen molar-refractivity contribution in [2.75, 3.05) is 14.2 Å². The van der Waals surface area contributed by atoms with E-state index in [1.807, 2.05) is 32.0 Å². The third-order valence-electron chi connectivity index (χ3n) is 3.52. The molecule has 0 aromatic heterocycles. The number of nitrogens with two attached hydrogens (primary N) is 1. The monoisotopic (exact) mass is 408 g/mol. The van der Waals surface area contributed by atoms with Crippen molar-refractivity contribution in [1.82, 2.24) is 0 Å². The van der Waals surface area contributed by atoms with Crippen LogP contribution in [0.4, 0.5) is 5.69 Å². The average molecular weight is 409 g/mol. The van der Waals surface area contributed by atoms with Crippen molar-refractivity contribution in [1.29, 1.82) is 0 Å². The number of hydrogen-bond donors (Lipinski definition) is 1. The number of amidine groups is 1. The molecular formula is C18H21BrN2O2S. The minimum atomic E-state index is 0.533. The fourth-order valence-electron chi connectivity index (χ4n) is 2.15. The second-order valence-corrected chi connectivity index (χ2v) is 7.18. The molecule has 2 aromatic rings. The van der Waals surface area contributed by atoms with E-state index in [2.05, 4.69) is 33.1 Å². The first-order valence-corrected chi connectivity index (χ1v) is 9.17. The number of thioether (sulfide) groups is 1. The molecule has 0 aliphatic rings. The summed E-state index contributed by atoms with van der Waals surface area (Å²) in [6.45, 7) is 4.07. The number of ether oxygens (including phenoxy) is 2. The number of benzene rings is 2. The summed E-state index contributed by atoms with van der Waals surface area (Å²) in [7, 11) is 3.24. The SMILES string of the molecule is COc1cc(Br)c(CSC(N)=Nc2cc(C)ccc2C)cc1OC. The molecule has 0 fully saturated rings. The number of methoxy groups -OCH3 is 2. The van der Waals surface area contributed by atoms with Crippen LogP contribution in [0.2, 0.25) is 0 Å². The van der Waals surface area contributed by atoms with Gasteiger partial charge in [0.2, 0.25) is 0 Å². The zero-order chi connectivity index (χ0) is 17.7. The normalized spacial score (nSPS) is 11.5. The molecule has 0 heterocycles. The maximum absolute atomic E-state index is 6.09. The fourth-order valence-corrected chi connectivity index (χ4v) is 3.50. The summed E-state index contributed by atoms with van der Waals surface area (Å²) in [6, 6.07) is 10.00. The summed E-state index contributed by atoms with van der Waals surface area (Å²) < 4.78 is 11.6. The first kappa shape index (κ1) is 18.7. The van der Waals surface area contributed by atoms with E-state index in [0.717, 1.165) is 21.3 Å². The largest absolute Gasteiger partial charge is 0.493 e. The van der Waals surface area contributed by atoms with Crippen molar-refractivity contribution in [2.45, 2.75) is 19.6 Å². The molecule has 0 bridgehead atoms. The predicted octanol–water partition coefficient (Wildman–Crippen LogP) is 4.96. The first-order chi connectivity index (χ1) is 11.4. The Balaban J connectivity index is 2.15. The van der Waals surface area contributed by atoms with Gasteiger partial charge < -0.3 is 15.2 Å². The van der Waals surface area contributed by atoms with Gasteiger partial charge in [-0.2, -0.15) is 0 Å². The van der Waals surface area contributed by atoms with Crippen molar-refractivity contribution in [2.24, 2.45) is 10.7 Å². The Hall–Kier alpha value is -1.66. The molecule has 0 unspecified atom stereocenters. The topological polar surface area (TPSA) is 56.8 Å². The number of aryl methyl sites for hydroxylation is 2. The predicted molar refractivity (Wildman–Crippen MR) is 106 cm³/mol.